The molecule has 4 aromatic rings. The molecule has 42 heavy (non-hydrogen) atoms. The Balaban J connectivity index is 1.40. The molecule has 1 heterocycles. The van der Waals surface area contributed by atoms with E-state index in [1.54, 1.807) is 4.90 Å². The fourth-order valence-corrected chi connectivity index (χ4v) is 6.90. The zero-order valence-electron chi connectivity index (χ0n) is 24.0. The van der Waals surface area contributed by atoms with Gasteiger partial charge < -0.3 is 19.4 Å². The van der Waals surface area contributed by atoms with Crippen molar-refractivity contribution in [1.29, 1.82) is 0 Å². The molecule has 0 spiro atoms. The van der Waals surface area contributed by atoms with Gasteiger partial charge in [-0.1, -0.05) is 78.4 Å². The fraction of sp³-hybridized carbons (Fsp3) is 0.294. The highest BCUT2D eigenvalue weighted by Gasteiger charge is 2.40. The van der Waals surface area contributed by atoms with E-state index in [-0.39, 0.29) is 37.3 Å². The van der Waals surface area contributed by atoms with Crippen LogP contribution in [0, 0.1) is 5.92 Å². The third-order valence-corrected chi connectivity index (χ3v) is 9.29. The van der Waals surface area contributed by atoms with Crippen LogP contribution >= 0.6 is 0 Å². The van der Waals surface area contributed by atoms with Gasteiger partial charge in [0.15, 0.2) is 0 Å². The zero-order chi connectivity index (χ0) is 29.5. The number of ether oxygens (including phenoxy) is 2. The second kappa shape index (κ2) is 13.7. The van der Waals surface area contributed by atoms with Crippen LogP contribution < -0.4 is 0 Å². The number of benzene rings is 3. The molecule has 7 nitrogen and oxygen atoms in total. The van der Waals surface area contributed by atoms with Crippen LogP contribution in [0.2, 0.25) is 0 Å². The molecule has 1 N–H and O–H groups in total. The molecule has 218 valence electrons. The summed E-state index contributed by atoms with van der Waals surface area (Å²) in [6.07, 6.45) is 3.01. The Morgan fingerprint density at radius 2 is 1.69 bits per heavy atom. The Morgan fingerprint density at radius 3 is 2.40 bits per heavy atom. The van der Waals surface area contributed by atoms with E-state index < -0.39 is 22.8 Å². The molecular weight excluding hydrogens is 548 g/mol. The van der Waals surface area contributed by atoms with Crippen molar-refractivity contribution in [3.8, 4) is 0 Å². The van der Waals surface area contributed by atoms with E-state index in [1.807, 2.05) is 97.9 Å². The maximum absolute atomic E-state index is 13.5. The number of allylic oxidation sites excluding steroid dienone is 1. The number of carbonyl (C=O) groups excluding carboxylic acids is 2. The number of H-pyrrole nitrogens is 1. The molecule has 1 aromatic heterocycles. The number of hydrogen-bond acceptors (Lipinski definition) is 5. The number of nitrogens with one attached hydrogen (secondary N) is 1. The predicted molar refractivity (Wildman–Crippen MR) is 165 cm³/mol. The SMILES string of the molecule is C/C=C(/CN(CCS(=O)c1ccccc1)C(=O)OCc1ccccc1)[C@@H]1CCc2[nH]c3ccccc3c2[C@H]1C(=O)OC. The maximum atomic E-state index is 13.5. The lowest BCUT2D eigenvalue weighted by Crippen LogP contribution is -2.39. The standard InChI is InChI=1S/C34H36N2O5S/c1-3-25(27-18-19-30-31(32(27)33(37)40-2)28-16-10-11-17-29(28)35-30)22-36(20-21-42(39)26-14-8-5-9-15-26)34(38)41-23-24-12-6-4-7-13-24/h3-17,27,32,35H,18-23H2,1-2H3/b25-3-/t27-,32-,42?/m0/s1. The van der Waals surface area contributed by atoms with Crippen LogP contribution in [0.1, 0.15) is 36.1 Å². The largest absolute Gasteiger partial charge is 0.469 e. The van der Waals surface area contributed by atoms with Gasteiger partial charge in [-0.3, -0.25) is 9.00 Å². The van der Waals surface area contributed by atoms with Crippen molar-refractivity contribution in [2.45, 2.75) is 37.2 Å². The monoisotopic (exact) mass is 584 g/mol. The zero-order valence-corrected chi connectivity index (χ0v) is 24.8. The molecule has 5 rings (SSSR count). The van der Waals surface area contributed by atoms with E-state index in [0.717, 1.165) is 46.1 Å². The number of carbonyl (C=O) groups is 2. The number of amides is 1. The first-order chi connectivity index (χ1) is 20.5. The summed E-state index contributed by atoms with van der Waals surface area (Å²) in [5.74, 6) is -0.715. The van der Waals surface area contributed by atoms with Crippen LogP contribution in [0.25, 0.3) is 10.9 Å². The van der Waals surface area contributed by atoms with E-state index in [0.29, 0.717) is 4.90 Å². The van der Waals surface area contributed by atoms with Gasteiger partial charge in [0.25, 0.3) is 0 Å². The number of aryl methyl sites for hydroxylation is 1. The minimum atomic E-state index is -1.28. The van der Waals surface area contributed by atoms with Crippen molar-refractivity contribution in [1.82, 2.24) is 9.88 Å². The quantitative estimate of drug-likeness (QED) is 0.173. The van der Waals surface area contributed by atoms with Crippen LogP contribution in [-0.4, -0.2) is 52.1 Å². The Kier molecular flexibility index (Phi) is 9.54. The van der Waals surface area contributed by atoms with Gasteiger partial charge in [-0.2, -0.15) is 0 Å². The number of fused-ring (bicyclic) bond motifs is 3. The minimum Gasteiger partial charge on any atom is -0.469 e. The van der Waals surface area contributed by atoms with Crippen LogP contribution in [-0.2, 0) is 38.1 Å². The summed E-state index contributed by atoms with van der Waals surface area (Å²) in [7, 11) is 0.136. The number of esters is 1. The second-order valence-electron chi connectivity index (χ2n) is 10.4. The van der Waals surface area contributed by atoms with E-state index in [9.17, 15) is 13.8 Å². The van der Waals surface area contributed by atoms with Crippen LogP contribution in [0.5, 0.6) is 0 Å². The molecule has 1 unspecified atom stereocenters. The first kappa shape index (κ1) is 29.3. The average molecular weight is 585 g/mol. The Morgan fingerprint density at radius 1 is 1.00 bits per heavy atom. The highest BCUT2D eigenvalue weighted by atomic mass is 32.2. The van der Waals surface area contributed by atoms with Gasteiger partial charge in [0.1, 0.15) is 6.61 Å². The van der Waals surface area contributed by atoms with Crippen LogP contribution in [0.3, 0.4) is 0 Å². The van der Waals surface area contributed by atoms with Crippen molar-refractivity contribution in [2.24, 2.45) is 5.92 Å². The van der Waals surface area contributed by atoms with Gasteiger partial charge in [-0.05, 0) is 55.0 Å². The van der Waals surface area contributed by atoms with Crippen molar-refractivity contribution in [3.05, 3.63) is 113 Å². The summed E-state index contributed by atoms with van der Waals surface area (Å²) < 4.78 is 24.1. The first-order valence-corrected chi connectivity index (χ1v) is 15.5. The average Bonchev–Trinajstić information content (AvgIpc) is 3.42. The fourth-order valence-electron chi connectivity index (χ4n) is 5.82. The van der Waals surface area contributed by atoms with E-state index in [1.165, 1.54) is 7.11 Å². The Bertz CT molecular complexity index is 1580. The van der Waals surface area contributed by atoms with Crippen molar-refractivity contribution in [2.75, 3.05) is 26.0 Å². The normalized spacial score (nSPS) is 17.3. The summed E-state index contributed by atoms with van der Waals surface area (Å²) in [4.78, 5) is 32.6. The van der Waals surface area contributed by atoms with Crippen molar-refractivity contribution in [3.63, 3.8) is 0 Å². The van der Waals surface area contributed by atoms with Crippen LogP contribution in [0.4, 0.5) is 4.79 Å². The second-order valence-corrected chi connectivity index (χ2v) is 12.0. The smallest absolute Gasteiger partial charge is 0.410 e. The number of methoxy groups -OCH3 is 1. The molecule has 1 aliphatic carbocycles. The third kappa shape index (κ3) is 6.49. The molecule has 0 bridgehead atoms. The summed E-state index contributed by atoms with van der Waals surface area (Å²) in [5.41, 5.74) is 4.85. The van der Waals surface area contributed by atoms with Gasteiger partial charge in [0.05, 0.1) is 23.8 Å². The van der Waals surface area contributed by atoms with Gasteiger partial charge in [0, 0.05) is 40.3 Å². The molecule has 1 amide bonds. The van der Waals surface area contributed by atoms with E-state index in [4.69, 9.17) is 9.47 Å². The summed E-state index contributed by atoms with van der Waals surface area (Å²) >= 11 is 0. The van der Waals surface area contributed by atoms with Crippen molar-refractivity contribution < 1.29 is 23.3 Å². The number of rotatable bonds is 10. The molecule has 0 saturated carbocycles. The molecule has 3 atom stereocenters. The van der Waals surface area contributed by atoms with Gasteiger partial charge in [-0.15, -0.1) is 0 Å². The molecule has 0 saturated heterocycles. The molecule has 1 aliphatic rings. The topological polar surface area (TPSA) is 88.7 Å². The predicted octanol–water partition coefficient (Wildman–Crippen LogP) is 6.38. The lowest BCUT2D eigenvalue weighted by atomic mass is 9.72. The lowest BCUT2D eigenvalue weighted by molar-refractivity contribution is -0.143. The molecule has 0 fully saturated rings. The van der Waals surface area contributed by atoms with E-state index >= 15 is 0 Å². The number of nitrogens with zero attached hydrogens (tertiary/aromatic N) is 1. The number of hydrogen-bond donors (Lipinski definition) is 1. The van der Waals surface area contributed by atoms with Crippen molar-refractivity contribution >= 4 is 33.8 Å². The summed E-state index contributed by atoms with van der Waals surface area (Å²) in [6, 6.07) is 26.8. The Labute approximate surface area is 249 Å². The van der Waals surface area contributed by atoms with Gasteiger partial charge in [0.2, 0.25) is 0 Å². The van der Waals surface area contributed by atoms with E-state index in [2.05, 4.69) is 4.98 Å². The first-order valence-electron chi connectivity index (χ1n) is 14.2. The van der Waals surface area contributed by atoms with Crippen LogP contribution in [0.15, 0.2) is 101 Å². The molecule has 0 radical (unpaired) electrons. The maximum Gasteiger partial charge on any atom is 0.410 e. The number of para-hydroxylation sites is 1. The Hall–Kier alpha value is -4.17. The third-order valence-electron chi connectivity index (χ3n) is 7.94. The molecule has 3 aromatic carbocycles. The number of aromatic nitrogens is 1. The van der Waals surface area contributed by atoms with Gasteiger partial charge >= 0.3 is 12.1 Å². The summed E-state index contributed by atoms with van der Waals surface area (Å²) in [6.45, 7) is 2.56. The molecule has 0 aliphatic heterocycles. The molecular formula is C34H36N2O5S. The highest BCUT2D eigenvalue weighted by Crippen LogP contribution is 2.44. The highest BCUT2D eigenvalue weighted by molar-refractivity contribution is 7.85. The minimum absolute atomic E-state index is 0.135. The lowest BCUT2D eigenvalue weighted by Gasteiger charge is -2.34. The number of aromatic amines is 1. The summed E-state index contributed by atoms with van der Waals surface area (Å²) in [5, 5.41) is 1.01. The molecule has 8 heteroatoms. The van der Waals surface area contributed by atoms with Gasteiger partial charge in [-0.25, -0.2) is 4.79 Å².